The van der Waals surface area contributed by atoms with Gasteiger partial charge < -0.3 is 25.3 Å². The summed E-state index contributed by atoms with van der Waals surface area (Å²) in [5, 5.41) is 3.15. The molecule has 0 aliphatic carbocycles. The van der Waals surface area contributed by atoms with Gasteiger partial charge in [-0.1, -0.05) is 38.1 Å². The van der Waals surface area contributed by atoms with Gasteiger partial charge in [0.1, 0.15) is 5.75 Å². The molecule has 0 spiro atoms. The summed E-state index contributed by atoms with van der Waals surface area (Å²) in [4.78, 5) is 4.43. The van der Waals surface area contributed by atoms with Gasteiger partial charge in [0.15, 0.2) is 17.5 Å². The molecule has 0 fully saturated rings. The molecule has 6 nitrogen and oxygen atoms in total. The van der Waals surface area contributed by atoms with E-state index in [-0.39, 0.29) is 0 Å². The second-order valence-corrected chi connectivity index (χ2v) is 6.88. The number of para-hydroxylation sites is 1. The summed E-state index contributed by atoms with van der Waals surface area (Å²) in [5.41, 5.74) is 8.16. The first-order chi connectivity index (χ1) is 13.5. The van der Waals surface area contributed by atoms with Gasteiger partial charge in [0.25, 0.3) is 0 Å². The number of benzene rings is 2. The van der Waals surface area contributed by atoms with E-state index in [1.807, 2.05) is 42.5 Å². The molecule has 0 saturated heterocycles. The Morgan fingerprint density at radius 2 is 1.79 bits per heavy atom. The molecule has 6 heteroatoms. The molecule has 0 aliphatic heterocycles. The van der Waals surface area contributed by atoms with Gasteiger partial charge in [0.05, 0.1) is 27.4 Å². The van der Waals surface area contributed by atoms with Crippen molar-refractivity contribution >= 4 is 5.96 Å². The van der Waals surface area contributed by atoms with E-state index in [0.29, 0.717) is 31.6 Å². The van der Waals surface area contributed by atoms with Crippen molar-refractivity contribution in [2.45, 2.75) is 26.8 Å². The van der Waals surface area contributed by atoms with E-state index < -0.39 is 0 Å². The molecule has 0 bridgehead atoms. The molecule has 2 aromatic carbocycles. The Labute approximate surface area is 167 Å². The lowest BCUT2D eigenvalue weighted by atomic mass is 10.1. The Hall–Kier alpha value is -2.89. The number of nitrogens with two attached hydrogens (primary N) is 1. The summed E-state index contributed by atoms with van der Waals surface area (Å²) in [7, 11) is 3.26. The average molecular weight is 386 g/mol. The maximum atomic E-state index is 6.01. The van der Waals surface area contributed by atoms with Crippen molar-refractivity contribution in [3.8, 4) is 17.2 Å². The van der Waals surface area contributed by atoms with Crippen molar-refractivity contribution in [3.63, 3.8) is 0 Å². The van der Waals surface area contributed by atoms with Crippen LogP contribution in [0.25, 0.3) is 0 Å². The third-order valence-electron chi connectivity index (χ3n) is 4.13. The molecule has 0 radical (unpaired) electrons. The van der Waals surface area contributed by atoms with E-state index in [9.17, 15) is 0 Å². The largest absolute Gasteiger partial charge is 0.493 e. The first kappa shape index (κ1) is 21.4. The summed E-state index contributed by atoms with van der Waals surface area (Å²) in [6, 6.07) is 13.8. The smallest absolute Gasteiger partial charge is 0.188 e. The van der Waals surface area contributed by atoms with Crippen molar-refractivity contribution in [2.75, 3.05) is 27.4 Å². The number of rotatable bonds is 10. The molecular formula is C22H31N3O3. The summed E-state index contributed by atoms with van der Waals surface area (Å²) < 4.78 is 16.4. The average Bonchev–Trinajstić information content (AvgIpc) is 2.71. The van der Waals surface area contributed by atoms with Crippen LogP contribution in [-0.2, 0) is 13.0 Å². The highest BCUT2D eigenvalue weighted by atomic mass is 16.5. The highest BCUT2D eigenvalue weighted by molar-refractivity contribution is 5.77. The Morgan fingerprint density at radius 1 is 1.04 bits per heavy atom. The summed E-state index contributed by atoms with van der Waals surface area (Å²) >= 11 is 0. The number of nitrogens with one attached hydrogen (secondary N) is 1. The van der Waals surface area contributed by atoms with Crippen LogP contribution in [0.4, 0.5) is 0 Å². The number of ether oxygens (including phenoxy) is 3. The lowest BCUT2D eigenvalue weighted by Gasteiger charge is -2.12. The molecule has 0 saturated carbocycles. The van der Waals surface area contributed by atoms with Crippen molar-refractivity contribution in [2.24, 2.45) is 16.6 Å². The molecule has 2 rings (SSSR count). The molecular weight excluding hydrogens is 354 g/mol. The predicted molar refractivity (Wildman–Crippen MR) is 113 cm³/mol. The number of hydrogen-bond donors (Lipinski definition) is 2. The summed E-state index contributed by atoms with van der Waals surface area (Å²) in [6.07, 6.45) is 0.796. The number of nitrogens with zero attached hydrogens (tertiary/aromatic N) is 1. The van der Waals surface area contributed by atoms with Crippen LogP contribution >= 0.6 is 0 Å². The van der Waals surface area contributed by atoms with Gasteiger partial charge in [0, 0.05) is 12.1 Å². The molecule has 152 valence electrons. The third kappa shape index (κ3) is 6.68. The number of aliphatic imine (C=N–C) groups is 1. The van der Waals surface area contributed by atoms with E-state index in [4.69, 9.17) is 19.9 Å². The lowest BCUT2D eigenvalue weighted by Crippen LogP contribution is -2.33. The van der Waals surface area contributed by atoms with Crippen LogP contribution in [0.2, 0.25) is 0 Å². The zero-order valence-electron chi connectivity index (χ0n) is 17.2. The topological polar surface area (TPSA) is 78.1 Å². The maximum Gasteiger partial charge on any atom is 0.188 e. The fourth-order valence-electron chi connectivity index (χ4n) is 2.63. The standard InChI is InChI=1S/C22H31N3O3/c1-16(2)15-28-19-8-6-5-7-18(19)14-25-22(23)24-12-11-17-9-10-20(26-3)21(13-17)27-4/h5-10,13,16H,11-12,14-15H2,1-4H3,(H3,23,24,25). The second kappa shape index (κ2) is 11.1. The molecule has 0 amide bonds. The third-order valence-corrected chi connectivity index (χ3v) is 4.13. The molecule has 0 aromatic heterocycles. The van der Waals surface area contributed by atoms with E-state index in [1.54, 1.807) is 14.2 Å². The van der Waals surface area contributed by atoms with E-state index in [1.165, 1.54) is 0 Å². The van der Waals surface area contributed by atoms with Crippen LogP contribution < -0.4 is 25.3 Å². The van der Waals surface area contributed by atoms with E-state index >= 15 is 0 Å². The number of methoxy groups -OCH3 is 2. The zero-order valence-corrected chi connectivity index (χ0v) is 17.2. The molecule has 0 heterocycles. The number of hydrogen-bond acceptors (Lipinski definition) is 4. The minimum Gasteiger partial charge on any atom is -0.493 e. The van der Waals surface area contributed by atoms with E-state index in [0.717, 1.165) is 34.8 Å². The molecule has 0 atom stereocenters. The SMILES string of the molecule is COc1ccc(CCNC(N)=NCc2ccccc2OCC(C)C)cc1OC. The maximum absolute atomic E-state index is 6.01. The van der Waals surface area contributed by atoms with Gasteiger partial charge in [-0.3, -0.25) is 0 Å². The molecule has 0 unspecified atom stereocenters. The minimum absolute atomic E-state index is 0.416. The van der Waals surface area contributed by atoms with E-state index in [2.05, 4.69) is 24.2 Å². The molecule has 28 heavy (non-hydrogen) atoms. The monoisotopic (exact) mass is 385 g/mol. The first-order valence-electron chi connectivity index (χ1n) is 9.49. The van der Waals surface area contributed by atoms with Crippen LogP contribution in [-0.4, -0.2) is 33.3 Å². The van der Waals surface area contributed by atoms with Gasteiger partial charge in [0.2, 0.25) is 0 Å². The minimum atomic E-state index is 0.416. The Balaban J connectivity index is 1.87. The van der Waals surface area contributed by atoms with Crippen molar-refractivity contribution in [3.05, 3.63) is 53.6 Å². The van der Waals surface area contributed by atoms with Crippen LogP contribution in [0.15, 0.2) is 47.5 Å². The van der Waals surface area contributed by atoms with Gasteiger partial charge in [-0.25, -0.2) is 4.99 Å². The van der Waals surface area contributed by atoms with Crippen molar-refractivity contribution in [1.29, 1.82) is 0 Å². The fraction of sp³-hybridized carbons (Fsp3) is 0.409. The summed E-state index contributed by atoms with van der Waals surface area (Å²) in [5.74, 6) is 3.19. The quantitative estimate of drug-likeness (QED) is 0.484. The normalized spacial score (nSPS) is 11.4. The zero-order chi connectivity index (χ0) is 20.4. The number of guanidine groups is 1. The van der Waals surface area contributed by atoms with Crippen LogP contribution in [0.1, 0.15) is 25.0 Å². The van der Waals surface area contributed by atoms with Gasteiger partial charge >= 0.3 is 0 Å². The predicted octanol–water partition coefficient (Wildman–Crippen LogP) is 3.39. The van der Waals surface area contributed by atoms with Crippen molar-refractivity contribution in [1.82, 2.24) is 5.32 Å². The highest BCUT2D eigenvalue weighted by Crippen LogP contribution is 2.27. The second-order valence-electron chi connectivity index (χ2n) is 6.88. The Kier molecular flexibility index (Phi) is 8.46. The molecule has 3 N–H and O–H groups in total. The first-order valence-corrected chi connectivity index (χ1v) is 9.49. The highest BCUT2D eigenvalue weighted by Gasteiger charge is 2.06. The van der Waals surface area contributed by atoms with Crippen LogP contribution in [0.5, 0.6) is 17.2 Å². The molecule has 0 aliphatic rings. The van der Waals surface area contributed by atoms with Gasteiger partial charge in [-0.05, 0) is 36.1 Å². The fourth-order valence-corrected chi connectivity index (χ4v) is 2.63. The van der Waals surface area contributed by atoms with Gasteiger partial charge in [-0.15, -0.1) is 0 Å². The lowest BCUT2D eigenvalue weighted by molar-refractivity contribution is 0.268. The van der Waals surface area contributed by atoms with Gasteiger partial charge in [-0.2, -0.15) is 0 Å². The van der Waals surface area contributed by atoms with Crippen molar-refractivity contribution < 1.29 is 14.2 Å². The van der Waals surface area contributed by atoms with Crippen LogP contribution in [0.3, 0.4) is 0 Å². The Bertz CT molecular complexity index is 775. The summed E-state index contributed by atoms with van der Waals surface area (Å²) in [6.45, 7) is 6.09. The molecule has 2 aromatic rings. The van der Waals surface area contributed by atoms with Crippen LogP contribution in [0, 0.1) is 5.92 Å². The Morgan fingerprint density at radius 3 is 2.50 bits per heavy atom.